The Morgan fingerprint density at radius 1 is 0.783 bits per heavy atom. The lowest BCUT2D eigenvalue weighted by molar-refractivity contribution is 0.780. The first-order valence-corrected chi connectivity index (χ1v) is 8.48. The van der Waals surface area contributed by atoms with Gasteiger partial charge in [-0.25, -0.2) is 0 Å². The summed E-state index contributed by atoms with van der Waals surface area (Å²) in [4.78, 5) is 0.874. The Bertz CT molecular complexity index is 897. The second-order valence-electron chi connectivity index (χ2n) is 5.45. The SMILES string of the molecule is c1ccc(CCc2nnc3sc(Cc4ccccc4)nn23)cc1. The van der Waals surface area contributed by atoms with Crippen molar-refractivity contribution in [3.63, 3.8) is 0 Å². The summed E-state index contributed by atoms with van der Waals surface area (Å²) in [6.45, 7) is 0. The molecule has 0 aliphatic heterocycles. The first-order chi connectivity index (χ1) is 11.4. The van der Waals surface area contributed by atoms with Gasteiger partial charge in [0.1, 0.15) is 5.01 Å². The van der Waals surface area contributed by atoms with E-state index in [9.17, 15) is 0 Å². The fraction of sp³-hybridized carbons (Fsp3) is 0.167. The topological polar surface area (TPSA) is 43.1 Å². The smallest absolute Gasteiger partial charge is 0.187 e. The van der Waals surface area contributed by atoms with Gasteiger partial charge in [0.25, 0.3) is 0 Å². The lowest BCUT2D eigenvalue weighted by Gasteiger charge is -1.99. The van der Waals surface area contributed by atoms with Crippen LogP contribution in [0.25, 0.3) is 4.96 Å². The van der Waals surface area contributed by atoms with Crippen LogP contribution in [-0.4, -0.2) is 19.8 Å². The van der Waals surface area contributed by atoms with E-state index in [4.69, 9.17) is 5.10 Å². The molecule has 5 heteroatoms. The molecule has 0 atom stereocenters. The van der Waals surface area contributed by atoms with Crippen LogP contribution >= 0.6 is 11.3 Å². The summed E-state index contributed by atoms with van der Waals surface area (Å²) in [5.74, 6) is 0.930. The average molecular weight is 320 g/mol. The Morgan fingerprint density at radius 3 is 2.22 bits per heavy atom. The summed E-state index contributed by atoms with van der Waals surface area (Å²) in [6, 6.07) is 20.8. The van der Waals surface area contributed by atoms with E-state index in [0.29, 0.717) is 0 Å². The molecule has 4 rings (SSSR count). The molecule has 0 saturated carbocycles. The number of fused-ring (bicyclic) bond motifs is 1. The number of rotatable bonds is 5. The third-order valence-electron chi connectivity index (χ3n) is 3.78. The molecular formula is C18H16N4S. The normalized spacial score (nSPS) is 11.1. The Hall–Kier alpha value is -2.53. The van der Waals surface area contributed by atoms with E-state index in [-0.39, 0.29) is 0 Å². The van der Waals surface area contributed by atoms with E-state index in [1.807, 2.05) is 16.6 Å². The van der Waals surface area contributed by atoms with Crippen LogP contribution in [0.4, 0.5) is 0 Å². The molecule has 0 spiro atoms. The quantitative estimate of drug-likeness (QED) is 0.565. The average Bonchev–Trinajstić information content (AvgIpc) is 3.15. The van der Waals surface area contributed by atoms with Gasteiger partial charge in [-0.15, -0.1) is 10.2 Å². The van der Waals surface area contributed by atoms with E-state index >= 15 is 0 Å². The van der Waals surface area contributed by atoms with Crippen molar-refractivity contribution in [3.05, 3.63) is 82.6 Å². The van der Waals surface area contributed by atoms with Gasteiger partial charge >= 0.3 is 0 Å². The molecule has 0 saturated heterocycles. The monoisotopic (exact) mass is 320 g/mol. The zero-order valence-electron chi connectivity index (χ0n) is 12.6. The third kappa shape index (κ3) is 3.14. The predicted molar refractivity (Wildman–Crippen MR) is 91.8 cm³/mol. The van der Waals surface area contributed by atoms with Crippen LogP contribution in [0.3, 0.4) is 0 Å². The number of hydrogen-bond donors (Lipinski definition) is 0. The number of nitrogens with zero attached hydrogens (tertiary/aromatic N) is 4. The summed E-state index contributed by atoms with van der Waals surface area (Å²) < 4.78 is 1.89. The van der Waals surface area contributed by atoms with Crippen LogP contribution in [0.2, 0.25) is 0 Å². The van der Waals surface area contributed by atoms with Gasteiger partial charge in [0, 0.05) is 12.8 Å². The lowest BCUT2D eigenvalue weighted by atomic mass is 10.1. The van der Waals surface area contributed by atoms with Crippen LogP contribution < -0.4 is 0 Å². The van der Waals surface area contributed by atoms with Crippen molar-refractivity contribution in [2.24, 2.45) is 0 Å². The van der Waals surface area contributed by atoms with E-state index < -0.39 is 0 Å². The maximum atomic E-state index is 4.69. The Morgan fingerprint density at radius 2 is 1.48 bits per heavy atom. The minimum Gasteiger partial charge on any atom is -0.187 e. The zero-order chi connectivity index (χ0) is 15.5. The van der Waals surface area contributed by atoms with Gasteiger partial charge < -0.3 is 0 Å². The fourth-order valence-corrected chi connectivity index (χ4v) is 3.48. The molecule has 0 amide bonds. The molecule has 0 radical (unpaired) electrons. The highest BCUT2D eigenvalue weighted by Crippen LogP contribution is 2.18. The van der Waals surface area contributed by atoms with Crippen LogP contribution in [0.15, 0.2) is 60.7 Å². The van der Waals surface area contributed by atoms with E-state index in [2.05, 4.69) is 58.7 Å². The highest BCUT2D eigenvalue weighted by Gasteiger charge is 2.12. The number of hydrogen-bond acceptors (Lipinski definition) is 4. The molecule has 0 fully saturated rings. The number of benzene rings is 2. The molecular weight excluding hydrogens is 304 g/mol. The van der Waals surface area contributed by atoms with Crippen LogP contribution in [-0.2, 0) is 19.3 Å². The standard InChI is InChI=1S/C18H16N4S/c1-3-7-14(8-4-1)11-12-16-19-20-18-22(16)21-17(23-18)13-15-9-5-2-6-10-15/h1-10H,11-13H2. The summed E-state index contributed by atoms with van der Waals surface area (Å²) in [6.07, 6.45) is 2.64. The molecule has 114 valence electrons. The van der Waals surface area contributed by atoms with Gasteiger partial charge in [0.05, 0.1) is 0 Å². The molecule has 0 aliphatic rings. The first-order valence-electron chi connectivity index (χ1n) is 7.66. The van der Waals surface area contributed by atoms with Crippen LogP contribution in [0.5, 0.6) is 0 Å². The van der Waals surface area contributed by atoms with Gasteiger partial charge in [-0.3, -0.25) is 0 Å². The molecule has 2 aromatic carbocycles. The van der Waals surface area contributed by atoms with E-state index in [1.165, 1.54) is 11.1 Å². The molecule has 4 aromatic rings. The van der Waals surface area contributed by atoms with Crippen molar-refractivity contribution in [1.29, 1.82) is 0 Å². The minimum absolute atomic E-state index is 0.840. The second kappa shape index (κ2) is 6.30. The lowest BCUT2D eigenvalue weighted by Crippen LogP contribution is -2.00. The number of aryl methyl sites for hydroxylation is 2. The zero-order valence-corrected chi connectivity index (χ0v) is 13.4. The maximum Gasteiger partial charge on any atom is 0.234 e. The van der Waals surface area contributed by atoms with Gasteiger partial charge in [-0.05, 0) is 17.5 Å². The minimum atomic E-state index is 0.840. The van der Waals surface area contributed by atoms with Gasteiger partial charge in [0.2, 0.25) is 4.96 Å². The van der Waals surface area contributed by atoms with Crippen molar-refractivity contribution in [3.8, 4) is 0 Å². The molecule has 0 unspecified atom stereocenters. The van der Waals surface area contributed by atoms with Crippen molar-refractivity contribution in [2.45, 2.75) is 19.3 Å². The van der Waals surface area contributed by atoms with Crippen molar-refractivity contribution in [1.82, 2.24) is 19.8 Å². The Balaban J connectivity index is 1.52. The molecule has 23 heavy (non-hydrogen) atoms. The molecule has 0 N–H and O–H groups in total. The Labute approximate surface area is 138 Å². The van der Waals surface area contributed by atoms with Crippen molar-refractivity contribution >= 4 is 16.3 Å². The molecule has 2 heterocycles. The van der Waals surface area contributed by atoms with E-state index in [0.717, 1.165) is 35.1 Å². The molecule has 0 bridgehead atoms. The maximum absolute atomic E-state index is 4.69. The first kappa shape index (κ1) is 14.1. The van der Waals surface area contributed by atoms with Gasteiger partial charge in [0.15, 0.2) is 5.82 Å². The molecule has 2 aromatic heterocycles. The van der Waals surface area contributed by atoms with Crippen LogP contribution in [0, 0.1) is 0 Å². The summed E-state index contributed by atoms with van der Waals surface area (Å²) in [5, 5.41) is 14.3. The van der Waals surface area contributed by atoms with Gasteiger partial charge in [-0.1, -0.05) is 72.0 Å². The third-order valence-corrected chi connectivity index (χ3v) is 4.67. The van der Waals surface area contributed by atoms with Crippen LogP contribution in [0.1, 0.15) is 22.0 Å². The van der Waals surface area contributed by atoms with Crippen molar-refractivity contribution < 1.29 is 0 Å². The molecule has 4 nitrogen and oxygen atoms in total. The summed E-state index contributed by atoms with van der Waals surface area (Å²) in [5.41, 5.74) is 2.58. The van der Waals surface area contributed by atoms with E-state index in [1.54, 1.807) is 11.3 Å². The highest BCUT2D eigenvalue weighted by atomic mass is 32.1. The fourth-order valence-electron chi connectivity index (χ4n) is 2.60. The number of aromatic nitrogens is 4. The Kier molecular flexibility index (Phi) is 3.86. The second-order valence-corrected chi connectivity index (χ2v) is 6.49. The highest BCUT2D eigenvalue weighted by molar-refractivity contribution is 7.16. The largest absolute Gasteiger partial charge is 0.234 e. The van der Waals surface area contributed by atoms with Crippen molar-refractivity contribution in [2.75, 3.05) is 0 Å². The molecule has 0 aliphatic carbocycles. The summed E-state index contributed by atoms with van der Waals surface area (Å²) in [7, 11) is 0. The van der Waals surface area contributed by atoms with Gasteiger partial charge in [-0.2, -0.15) is 9.61 Å². The summed E-state index contributed by atoms with van der Waals surface area (Å²) >= 11 is 1.61. The predicted octanol–water partition coefficient (Wildman–Crippen LogP) is 3.56.